The highest BCUT2D eigenvalue weighted by Crippen LogP contribution is 2.44. The lowest BCUT2D eigenvalue weighted by atomic mass is 9.88. The van der Waals surface area contributed by atoms with Crippen LogP contribution in [0.1, 0.15) is 32.1 Å². The molecule has 104 valence electrons. The van der Waals surface area contributed by atoms with Crippen LogP contribution in [0.25, 0.3) is 0 Å². The number of hydrogen-bond donors (Lipinski definition) is 1. The van der Waals surface area contributed by atoms with Crippen molar-refractivity contribution in [3.8, 4) is 0 Å². The molecule has 2 heterocycles. The maximum atomic E-state index is 12.4. The maximum Gasteiger partial charge on any atom is 0.330 e. The molecule has 0 aromatic carbocycles. The molecule has 6 heteroatoms. The molecular weight excluding hydrogens is 250 g/mol. The van der Waals surface area contributed by atoms with Crippen molar-refractivity contribution in [3.63, 3.8) is 0 Å². The van der Waals surface area contributed by atoms with Crippen LogP contribution < -0.4 is 0 Å². The van der Waals surface area contributed by atoms with Crippen molar-refractivity contribution in [3.05, 3.63) is 0 Å². The number of fused-ring (bicyclic) bond motifs is 1. The average molecular weight is 267 g/mol. The molecule has 2 unspecified atom stereocenters. The molecule has 0 radical (unpaired) electrons. The van der Waals surface area contributed by atoms with Gasteiger partial charge in [-0.1, -0.05) is 6.42 Å². The van der Waals surface area contributed by atoms with Gasteiger partial charge in [-0.3, -0.25) is 14.5 Å². The second-order valence-corrected chi connectivity index (χ2v) is 5.60. The molecule has 0 aromatic heterocycles. The van der Waals surface area contributed by atoms with Gasteiger partial charge in [0.05, 0.1) is 11.8 Å². The lowest BCUT2D eigenvalue weighted by Gasteiger charge is -2.39. The maximum absolute atomic E-state index is 12.4. The lowest BCUT2D eigenvalue weighted by molar-refractivity contribution is -0.170. The third-order valence-corrected chi connectivity index (χ3v) is 4.74. The Kier molecular flexibility index (Phi) is 2.85. The number of carbonyl (C=O) groups excluding carboxylic acids is 2. The summed E-state index contributed by atoms with van der Waals surface area (Å²) < 4.78 is 5.19. The third-order valence-electron chi connectivity index (χ3n) is 4.74. The van der Waals surface area contributed by atoms with E-state index in [1.54, 1.807) is 0 Å². The van der Waals surface area contributed by atoms with Gasteiger partial charge in [-0.05, 0) is 12.8 Å². The molecule has 19 heavy (non-hydrogen) atoms. The number of likely N-dealkylation sites (tertiary alicyclic amines) is 1. The van der Waals surface area contributed by atoms with Crippen molar-refractivity contribution >= 4 is 17.8 Å². The summed E-state index contributed by atoms with van der Waals surface area (Å²) in [5.41, 5.74) is -1.38. The first-order valence-corrected chi connectivity index (χ1v) is 6.77. The van der Waals surface area contributed by atoms with E-state index in [4.69, 9.17) is 4.74 Å². The summed E-state index contributed by atoms with van der Waals surface area (Å²) in [6.07, 6.45) is 2.68. The van der Waals surface area contributed by atoms with Gasteiger partial charge in [0.2, 0.25) is 11.8 Å². The van der Waals surface area contributed by atoms with E-state index >= 15 is 0 Å². The minimum absolute atomic E-state index is 0.194. The van der Waals surface area contributed by atoms with Gasteiger partial charge in [-0.2, -0.15) is 0 Å². The zero-order chi connectivity index (χ0) is 13.6. The van der Waals surface area contributed by atoms with Crippen LogP contribution >= 0.6 is 0 Å². The van der Waals surface area contributed by atoms with Gasteiger partial charge in [0.25, 0.3) is 0 Å². The Hall–Kier alpha value is -1.43. The number of rotatable bonds is 2. The fourth-order valence-corrected chi connectivity index (χ4v) is 3.66. The number of carboxylic acids is 1. The minimum atomic E-state index is -1.38. The predicted octanol–water partition coefficient (Wildman–Crippen LogP) is 0.405. The molecule has 3 rings (SSSR count). The van der Waals surface area contributed by atoms with Crippen LogP contribution in [0, 0.1) is 11.8 Å². The summed E-state index contributed by atoms with van der Waals surface area (Å²) in [7, 11) is 0. The molecule has 1 N–H and O–H groups in total. The number of aliphatic carboxylic acids is 1. The molecule has 2 saturated heterocycles. The molecule has 2 atom stereocenters. The highest BCUT2D eigenvalue weighted by molar-refractivity contribution is 6.09. The number of nitrogens with zero attached hydrogens (tertiary/aromatic N) is 1. The van der Waals surface area contributed by atoms with Crippen LogP contribution in [0.4, 0.5) is 0 Å². The molecule has 6 nitrogen and oxygen atoms in total. The van der Waals surface area contributed by atoms with Crippen LogP contribution in [0.5, 0.6) is 0 Å². The number of carboxylic acid groups (broad SMARTS) is 1. The second kappa shape index (κ2) is 4.30. The first-order valence-electron chi connectivity index (χ1n) is 6.77. The smallest absolute Gasteiger partial charge is 0.330 e. The monoisotopic (exact) mass is 267 g/mol. The standard InChI is InChI=1S/C13H17NO5/c15-10-8-2-1-3-9(8)11(16)14(10)13(12(17)18)4-6-19-7-5-13/h8-9H,1-7H2,(H,17,18). The van der Waals surface area contributed by atoms with Crippen molar-refractivity contribution in [2.24, 2.45) is 11.8 Å². The summed E-state index contributed by atoms with van der Waals surface area (Å²) >= 11 is 0. The largest absolute Gasteiger partial charge is 0.479 e. The normalized spacial score (nSPS) is 33.6. The highest BCUT2D eigenvalue weighted by Gasteiger charge is 2.59. The molecule has 3 fully saturated rings. The average Bonchev–Trinajstić information content (AvgIpc) is 2.96. The predicted molar refractivity (Wildman–Crippen MR) is 63.1 cm³/mol. The molecule has 0 spiro atoms. The number of carbonyl (C=O) groups is 3. The van der Waals surface area contributed by atoms with Gasteiger partial charge in [-0.25, -0.2) is 4.79 Å². The topological polar surface area (TPSA) is 83.9 Å². The van der Waals surface area contributed by atoms with Crippen LogP contribution in [0.3, 0.4) is 0 Å². The van der Waals surface area contributed by atoms with Crippen molar-refractivity contribution in [2.45, 2.75) is 37.6 Å². The van der Waals surface area contributed by atoms with E-state index in [9.17, 15) is 19.5 Å². The van der Waals surface area contributed by atoms with Crippen LogP contribution in [0.15, 0.2) is 0 Å². The van der Waals surface area contributed by atoms with Crippen molar-refractivity contribution in [2.75, 3.05) is 13.2 Å². The molecule has 2 amide bonds. The van der Waals surface area contributed by atoms with Crippen molar-refractivity contribution in [1.29, 1.82) is 0 Å². The summed E-state index contributed by atoms with van der Waals surface area (Å²) in [6, 6.07) is 0. The molecule has 0 bridgehead atoms. The number of hydrogen-bond acceptors (Lipinski definition) is 4. The van der Waals surface area contributed by atoms with Crippen LogP contribution in [-0.2, 0) is 19.1 Å². The molecule has 2 aliphatic heterocycles. The van der Waals surface area contributed by atoms with Gasteiger partial charge in [0.1, 0.15) is 0 Å². The van der Waals surface area contributed by atoms with E-state index in [-0.39, 0.29) is 49.7 Å². The Bertz CT molecular complexity index is 418. The number of imide groups is 1. The molecule has 3 aliphatic rings. The van der Waals surface area contributed by atoms with E-state index in [0.29, 0.717) is 12.8 Å². The fourth-order valence-electron chi connectivity index (χ4n) is 3.66. The fraction of sp³-hybridized carbons (Fsp3) is 0.769. The zero-order valence-corrected chi connectivity index (χ0v) is 10.6. The highest BCUT2D eigenvalue weighted by atomic mass is 16.5. The summed E-state index contributed by atoms with van der Waals surface area (Å²) in [5, 5.41) is 9.55. The Morgan fingerprint density at radius 1 is 1.16 bits per heavy atom. The number of ether oxygens (including phenoxy) is 1. The summed E-state index contributed by atoms with van der Waals surface area (Å²) in [6.45, 7) is 0.553. The van der Waals surface area contributed by atoms with E-state index in [0.717, 1.165) is 11.3 Å². The first kappa shape index (κ1) is 12.6. The molecule has 1 aliphatic carbocycles. The van der Waals surface area contributed by atoms with Gasteiger partial charge in [-0.15, -0.1) is 0 Å². The van der Waals surface area contributed by atoms with Gasteiger partial charge in [0.15, 0.2) is 5.54 Å². The third kappa shape index (κ3) is 1.62. The molecule has 1 saturated carbocycles. The quantitative estimate of drug-likeness (QED) is 0.732. The Morgan fingerprint density at radius 2 is 1.68 bits per heavy atom. The molecular formula is C13H17NO5. The Morgan fingerprint density at radius 3 is 2.16 bits per heavy atom. The summed E-state index contributed by atoms with van der Waals surface area (Å²) in [5.74, 6) is -2.22. The van der Waals surface area contributed by atoms with Crippen LogP contribution in [0.2, 0.25) is 0 Å². The number of amides is 2. The van der Waals surface area contributed by atoms with Gasteiger partial charge >= 0.3 is 5.97 Å². The SMILES string of the molecule is O=C1C2CCCC2C(=O)N1C1(C(=O)O)CCOCC1. The Labute approximate surface area is 110 Å². The minimum Gasteiger partial charge on any atom is -0.479 e. The van der Waals surface area contributed by atoms with E-state index < -0.39 is 11.5 Å². The zero-order valence-electron chi connectivity index (χ0n) is 10.6. The van der Waals surface area contributed by atoms with Gasteiger partial charge in [0, 0.05) is 26.1 Å². The van der Waals surface area contributed by atoms with Crippen molar-refractivity contribution < 1.29 is 24.2 Å². The summed E-state index contributed by atoms with van der Waals surface area (Å²) in [4.78, 5) is 37.5. The van der Waals surface area contributed by atoms with E-state index in [1.807, 2.05) is 0 Å². The lowest BCUT2D eigenvalue weighted by Crippen LogP contribution is -2.60. The second-order valence-electron chi connectivity index (χ2n) is 5.60. The van der Waals surface area contributed by atoms with E-state index in [2.05, 4.69) is 0 Å². The van der Waals surface area contributed by atoms with Gasteiger partial charge < -0.3 is 9.84 Å². The Balaban J connectivity index is 1.97. The van der Waals surface area contributed by atoms with E-state index in [1.165, 1.54) is 0 Å². The molecule has 0 aromatic rings. The van der Waals surface area contributed by atoms with Crippen molar-refractivity contribution in [1.82, 2.24) is 4.90 Å². The van der Waals surface area contributed by atoms with Crippen LogP contribution in [-0.4, -0.2) is 46.5 Å². The first-order chi connectivity index (χ1) is 9.08.